The molecule has 26 heavy (non-hydrogen) atoms. The predicted octanol–water partition coefficient (Wildman–Crippen LogP) is 4.32. The minimum Gasteiger partial charge on any atom is -0.489 e. The molecule has 0 bridgehead atoms. The van der Waals surface area contributed by atoms with Gasteiger partial charge in [0.2, 0.25) is 0 Å². The molecule has 0 spiro atoms. The van der Waals surface area contributed by atoms with E-state index in [0.29, 0.717) is 5.75 Å². The van der Waals surface area contributed by atoms with Gasteiger partial charge in [-0.05, 0) is 70.9 Å². The van der Waals surface area contributed by atoms with Crippen LogP contribution in [0.25, 0.3) is 0 Å². The van der Waals surface area contributed by atoms with Crippen LogP contribution in [0.4, 0.5) is 4.79 Å². The van der Waals surface area contributed by atoms with Gasteiger partial charge in [-0.3, -0.25) is 0 Å². The number of carbonyl (C=O) groups is 2. The van der Waals surface area contributed by atoms with Crippen LogP contribution in [-0.4, -0.2) is 41.2 Å². The summed E-state index contributed by atoms with van der Waals surface area (Å²) in [5.74, 6) is -0.583. The molecule has 0 atom stereocenters. The van der Waals surface area contributed by atoms with E-state index < -0.39 is 17.7 Å². The zero-order chi connectivity index (χ0) is 19.3. The predicted molar refractivity (Wildman–Crippen MR) is 101 cm³/mol. The van der Waals surface area contributed by atoms with Crippen molar-refractivity contribution < 1.29 is 24.2 Å². The lowest BCUT2D eigenvalue weighted by atomic mass is 9.93. The largest absolute Gasteiger partial charge is 0.489 e. The van der Waals surface area contributed by atoms with Crippen molar-refractivity contribution in [1.82, 2.24) is 5.32 Å². The fourth-order valence-corrected chi connectivity index (χ4v) is 3.31. The zero-order valence-electron chi connectivity index (χ0n) is 15.7. The molecular weight excluding hydrogens is 354 g/mol. The second-order valence-electron chi connectivity index (χ2n) is 7.40. The average molecular weight is 381 g/mol. The van der Waals surface area contributed by atoms with E-state index in [4.69, 9.17) is 9.47 Å². The molecule has 6 nitrogen and oxygen atoms in total. The lowest BCUT2D eigenvalue weighted by Gasteiger charge is -2.30. The molecule has 0 unspecified atom stereocenters. The van der Waals surface area contributed by atoms with Gasteiger partial charge < -0.3 is 19.9 Å². The normalized spacial score (nSPS) is 20.3. The number of benzene rings is 1. The maximum atomic E-state index is 11.9. The van der Waals surface area contributed by atoms with E-state index in [1.807, 2.05) is 27.0 Å². The third-order valence-corrected chi connectivity index (χ3v) is 4.83. The Hall–Kier alpha value is -1.89. The van der Waals surface area contributed by atoms with Crippen molar-refractivity contribution in [2.24, 2.45) is 0 Å². The van der Waals surface area contributed by atoms with Crippen molar-refractivity contribution in [3.8, 4) is 5.75 Å². The van der Waals surface area contributed by atoms with Gasteiger partial charge in [0.05, 0.1) is 6.10 Å². The van der Waals surface area contributed by atoms with Crippen molar-refractivity contribution >= 4 is 23.8 Å². The Morgan fingerprint density at radius 3 is 2.38 bits per heavy atom. The van der Waals surface area contributed by atoms with Gasteiger partial charge in [-0.15, -0.1) is 11.8 Å². The molecule has 0 aromatic heterocycles. The summed E-state index contributed by atoms with van der Waals surface area (Å²) >= 11 is 1.54. The number of hydrogen-bond acceptors (Lipinski definition) is 5. The molecule has 1 fully saturated rings. The van der Waals surface area contributed by atoms with Crippen molar-refractivity contribution in [2.45, 2.75) is 69.1 Å². The Bertz CT molecular complexity index is 648. The highest BCUT2D eigenvalue weighted by Gasteiger charge is 2.26. The Balaban J connectivity index is 1.91. The molecule has 1 aliphatic carbocycles. The van der Waals surface area contributed by atoms with Crippen LogP contribution in [0.5, 0.6) is 5.75 Å². The molecule has 0 heterocycles. The molecule has 144 valence electrons. The molecule has 2 N–H and O–H groups in total. The van der Waals surface area contributed by atoms with E-state index >= 15 is 0 Å². The smallest absolute Gasteiger partial charge is 0.407 e. The summed E-state index contributed by atoms with van der Waals surface area (Å²) in [5, 5.41) is 12.2. The number of carboxylic acid groups (broad SMARTS) is 1. The summed E-state index contributed by atoms with van der Waals surface area (Å²) in [5.41, 5.74) is -0.336. The Morgan fingerprint density at radius 1 is 1.19 bits per heavy atom. The maximum absolute atomic E-state index is 11.9. The first-order valence-electron chi connectivity index (χ1n) is 8.75. The van der Waals surface area contributed by atoms with E-state index in [0.717, 1.165) is 30.6 Å². The van der Waals surface area contributed by atoms with Gasteiger partial charge in [0.1, 0.15) is 16.9 Å². The van der Waals surface area contributed by atoms with E-state index in [2.05, 4.69) is 5.32 Å². The van der Waals surface area contributed by atoms with Crippen molar-refractivity contribution in [2.75, 3.05) is 6.26 Å². The number of aromatic carboxylic acids is 1. The maximum Gasteiger partial charge on any atom is 0.407 e. The number of alkyl carbamates (subject to hydrolysis) is 1. The summed E-state index contributed by atoms with van der Waals surface area (Å²) in [4.78, 5) is 24.2. The lowest BCUT2D eigenvalue weighted by molar-refractivity contribution is 0.0467. The third kappa shape index (κ3) is 6.12. The molecule has 0 saturated heterocycles. The van der Waals surface area contributed by atoms with Crippen LogP contribution in [0.15, 0.2) is 23.1 Å². The molecule has 1 amide bonds. The number of hydrogen-bond donors (Lipinski definition) is 2. The van der Waals surface area contributed by atoms with Gasteiger partial charge in [-0.1, -0.05) is 0 Å². The fraction of sp³-hybridized carbons (Fsp3) is 0.579. The highest BCUT2D eigenvalue weighted by molar-refractivity contribution is 7.98. The first-order valence-corrected chi connectivity index (χ1v) is 9.98. The molecule has 0 radical (unpaired) electrons. The van der Waals surface area contributed by atoms with Crippen LogP contribution in [-0.2, 0) is 4.74 Å². The molecule has 1 saturated carbocycles. The lowest BCUT2D eigenvalue weighted by Crippen LogP contribution is -2.42. The SMILES string of the molecule is CSc1ccc(C(=O)O)c(O[C@H]2CC[C@@H](NC(=O)OC(C)(C)C)CC2)c1. The van der Waals surface area contributed by atoms with E-state index in [-0.39, 0.29) is 17.7 Å². The van der Waals surface area contributed by atoms with E-state index in [1.54, 1.807) is 30.0 Å². The first kappa shape index (κ1) is 20.4. The second-order valence-corrected chi connectivity index (χ2v) is 8.28. The molecule has 2 rings (SSSR count). The molecule has 1 aliphatic rings. The molecule has 0 aliphatic heterocycles. The van der Waals surface area contributed by atoms with Crippen molar-refractivity contribution in [3.63, 3.8) is 0 Å². The summed E-state index contributed by atoms with van der Waals surface area (Å²) in [6, 6.07) is 5.20. The van der Waals surface area contributed by atoms with Gasteiger partial charge in [0.25, 0.3) is 0 Å². The Morgan fingerprint density at radius 2 is 1.85 bits per heavy atom. The number of ether oxygens (including phenoxy) is 2. The van der Waals surface area contributed by atoms with E-state index in [1.165, 1.54) is 0 Å². The highest BCUT2D eigenvalue weighted by atomic mass is 32.2. The van der Waals surface area contributed by atoms with Gasteiger partial charge >= 0.3 is 12.1 Å². The summed E-state index contributed by atoms with van der Waals surface area (Å²) in [6.45, 7) is 5.50. The van der Waals surface area contributed by atoms with Crippen molar-refractivity contribution in [3.05, 3.63) is 23.8 Å². The number of thioether (sulfide) groups is 1. The van der Waals surface area contributed by atoms with Crippen LogP contribution in [0.3, 0.4) is 0 Å². The Kier molecular flexibility index (Phi) is 6.81. The second kappa shape index (κ2) is 8.66. The minimum absolute atomic E-state index is 0.0538. The topological polar surface area (TPSA) is 84.9 Å². The quantitative estimate of drug-likeness (QED) is 0.739. The molecule has 1 aromatic carbocycles. The number of carbonyl (C=O) groups excluding carboxylic acids is 1. The van der Waals surface area contributed by atoms with Crippen LogP contribution >= 0.6 is 11.8 Å². The van der Waals surface area contributed by atoms with E-state index in [9.17, 15) is 14.7 Å². The van der Waals surface area contributed by atoms with Crippen LogP contribution in [0, 0.1) is 0 Å². The standard InChI is InChI=1S/C19H27NO5S/c1-19(2,3)25-18(23)20-12-5-7-13(8-6-12)24-16-11-14(26-4)9-10-15(16)17(21)22/h9-13H,5-8H2,1-4H3,(H,20,23)(H,21,22)/t12-,13+. The Labute approximate surface area is 158 Å². The molecular formula is C19H27NO5S. The zero-order valence-corrected chi connectivity index (χ0v) is 16.5. The molecule has 7 heteroatoms. The monoisotopic (exact) mass is 381 g/mol. The number of nitrogens with one attached hydrogen (secondary N) is 1. The van der Waals surface area contributed by atoms with Gasteiger partial charge in [-0.25, -0.2) is 9.59 Å². The highest BCUT2D eigenvalue weighted by Crippen LogP contribution is 2.30. The van der Waals surface area contributed by atoms with Gasteiger partial charge in [0.15, 0.2) is 0 Å². The average Bonchev–Trinajstić information content (AvgIpc) is 2.54. The first-order chi connectivity index (χ1) is 12.2. The van der Waals surface area contributed by atoms with Crippen molar-refractivity contribution in [1.29, 1.82) is 0 Å². The number of carboxylic acids is 1. The minimum atomic E-state index is -0.993. The summed E-state index contributed by atoms with van der Waals surface area (Å²) in [6.07, 6.45) is 4.53. The number of amides is 1. The third-order valence-electron chi connectivity index (χ3n) is 4.11. The molecule has 1 aromatic rings. The fourth-order valence-electron chi connectivity index (χ4n) is 2.88. The summed E-state index contributed by atoms with van der Waals surface area (Å²) in [7, 11) is 0. The van der Waals surface area contributed by atoms with Crippen LogP contribution < -0.4 is 10.1 Å². The van der Waals surface area contributed by atoms with Gasteiger partial charge in [-0.2, -0.15) is 0 Å². The number of rotatable bonds is 5. The van der Waals surface area contributed by atoms with Gasteiger partial charge in [0, 0.05) is 10.9 Å². The van der Waals surface area contributed by atoms with Crippen LogP contribution in [0.1, 0.15) is 56.8 Å². The van der Waals surface area contributed by atoms with Crippen LogP contribution in [0.2, 0.25) is 0 Å². The summed E-state index contributed by atoms with van der Waals surface area (Å²) < 4.78 is 11.3.